The van der Waals surface area contributed by atoms with Gasteiger partial charge >= 0.3 is 0 Å². The van der Waals surface area contributed by atoms with Gasteiger partial charge < -0.3 is 19.9 Å². The van der Waals surface area contributed by atoms with E-state index in [0.29, 0.717) is 19.8 Å². The number of nitrogens with two attached hydrogens (primary N) is 1. The van der Waals surface area contributed by atoms with Gasteiger partial charge in [0.2, 0.25) is 0 Å². The molecule has 0 atom stereocenters. The minimum absolute atomic E-state index is 0. The Morgan fingerprint density at radius 3 is 2.65 bits per heavy atom. The van der Waals surface area contributed by atoms with Gasteiger partial charge in [-0.05, 0) is 47.9 Å². The molecule has 1 heterocycles. The number of hydrogen-bond donors (Lipinski definition) is 1. The summed E-state index contributed by atoms with van der Waals surface area (Å²) in [4.78, 5) is 0. The lowest BCUT2D eigenvalue weighted by atomic mass is 9.94. The van der Waals surface area contributed by atoms with Crippen molar-refractivity contribution in [3.8, 4) is 5.75 Å². The monoisotopic (exact) mass is 337 g/mol. The SMILES string of the molecule is COc1ccc2c(C3COC(CCCN)OC3)cccc2c1.Cl. The highest BCUT2D eigenvalue weighted by Gasteiger charge is 2.24. The molecule has 4 nitrogen and oxygen atoms in total. The summed E-state index contributed by atoms with van der Waals surface area (Å²) < 4.78 is 17.0. The second-order valence-electron chi connectivity index (χ2n) is 5.66. The Morgan fingerprint density at radius 2 is 1.96 bits per heavy atom. The van der Waals surface area contributed by atoms with Crippen LogP contribution in [-0.4, -0.2) is 33.2 Å². The predicted molar refractivity (Wildman–Crippen MR) is 94.5 cm³/mol. The third kappa shape index (κ3) is 4.15. The summed E-state index contributed by atoms with van der Waals surface area (Å²) in [6.07, 6.45) is 1.70. The normalized spacial score (nSPS) is 21.0. The van der Waals surface area contributed by atoms with Gasteiger partial charge in [-0.3, -0.25) is 0 Å². The average molecular weight is 338 g/mol. The molecule has 5 heteroatoms. The molecule has 23 heavy (non-hydrogen) atoms. The van der Waals surface area contributed by atoms with Crippen LogP contribution < -0.4 is 10.5 Å². The molecule has 1 aliphatic rings. The van der Waals surface area contributed by atoms with Gasteiger partial charge in [0.25, 0.3) is 0 Å². The summed E-state index contributed by atoms with van der Waals surface area (Å²) in [5.41, 5.74) is 6.80. The van der Waals surface area contributed by atoms with Crippen molar-refractivity contribution in [3.63, 3.8) is 0 Å². The van der Waals surface area contributed by atoms with Gasteiger partial charge in [-0.25, -0.2) is 0 Å². The first kappa shape index (κ1) is 18.0. The fourth-order valence-corrected chi connectivity index (χ4v) is 2.94. The highest BCUT2D eigenvalue weighted by Crippen LogP contribution is 2.31. The largest absolute Gasteiger partial charge is 0.497 e. The minimum atomic E-state index is -0.102. The van der Waals surface area contributed by atoms with Crippen LogP contribution >= 0.6 is 12.4 Å². The Morgan fingerprint density at radius 1 is 1.17 bits per heavy atom. The van der Waals surface area contributed by atoms with Crippen LogP contribution in [0.15, 0.2) is 36.4 Å². The van der Waals surface area contributed by atoms with Crippen molar-refractivity contribution in [2.75, 3.05) is 26.9 Å². The Hall–Kier alpha value is -1.33. The van der Waals surface area contributed by atoms with E-state index in [1.807, 2.05) is 6.07 Å². The van der Waals surface area contributed by atoms with Crippen LogP contribution in [0, 0.1) is 0 Å². The molecule has 0 saturated carbocycles. The highest BCUT2D eigenvalue weighted by atomic mass is 35.5. The second kappa shape index (κ2) is 8.50. The van der Waals surface area contributed by atoms with Crippen molar-refractivity contribution in [2.24, 2.45) is 5.73 Å². The molecule has 0 amide bonds. The van der Waals surface area contributed by atoms with Crippen LogP contribution in [0.5, 0.6) is 5.75 Å². The van der Waals surface area contributed by atoms with E-state index < -0.39 is 0 Å². The number of hydrogen-bond acceptors (Lipinski definition) is 4. The molecule has 2 aromatic carbocycles. The van der Waals surface area contributed by atoms with Crippen LogP contribution in [0.3, 0.4) is 0 Å². The first-order valence-electron chi connectivity index (χ1n) is 7.81. The van der Waals surface area contributed by atoms with Gasteiger partial charge in [-0.15, -0.1) is 12.4 Å². The summed E-state index contributed by atoms with van der Waals surface area (Å²) in [5.74, 6) is 1.15. The molecule has 1 fully saturated rings. The molecule has 1 aliphatic heterocycles. The molecule has 2 aromatic rings. The van der Waals surface area contributed by atoms with Crippen LogP contribution in [0.4, 0.5) is 0 Å². The van der Waals surface area contributed by atoms with Gasteiger partial charge in [-0.1, -0.05) is 24.3 Å². The molecule has 126 valence electrons. The Bertz CT molecular complexity index is 627. The maximum absolute atomic E-state index is 5.84. The van der Waals surface area contributed by atoms with E-state index in [1.54, 1.807) is 7.11 Å². The summed E-state index contributed by atoms with van der Waals surface area (Å²) in [6.45, 7) is 2.07. The molecular weight excluding hydrogens is 314 g/mol. The van der Waals surface area contributed by atoms with Crippen molar-refractivity contribution in [1.82, 2.24) is 0 Å². The fourth-order valence-electron chi connectivity index (χ4n) is 2.94. The summed E-state index contributed by atoms with van der Waals surface area (Å²) in [6, 6.07) is 12.5. The number of halogens is 1. The molecule has 2 N–H and O–H groups in total. The smallest absolute Gasteiger partial charge is 0.157 e. The molecule has 3 rings (SSSR count). The topological polar surface area (TPSA) is 53.7 Å². The van der Waals surface area contributed by atoms with E-state index in [-0.39, 0.29) is 24.6 Å². The molecule has 0 aliphatic carbocycles. The first-order valence-corrected chi connectivity index (χ1v) is 7.81. The third-order valence-electron chi connectivity index (χ3n) is 4.17. The van der Waals surface area contributed by atoms with E-state index in [9.17, 15) is 0 Å². The first-order chi connectivity index (χ1) is 10.8. The van der Waals surface area contributed by atoms with Gasteiger partial charge in [0, 0.05) is 5.92 Å². The molecule has 0 aromatic heterocycles. The Kier molecular flexibility index (Phi) is 6.66. The van der Waals surface area contributed by atoms with Gasteiger partial charge in [0.15, 0.2) is 6.29 Å². The lowest BCUT2D eigenvalue weighted by molar-refractivity contribution is -0.189. The van der Waals surface area contributed by atoms with E-state index in [1.165, 1.54) is 16.3 Å². The highest BCUT2D eigenvalue weighted by molar-refractivity contribution is 5.87. The van der Waals surface area contributed by atoms with E-state index in [2.05, 4.69) is 30.3 Å². The maximum atomic E-state index is 5.84. The third-order valence-corrected chi connectivity index (χ3v) is 4.17. The number of fused-ring (bicyclic) bond motifs is 1. The molecular formula is C18H24ClNO3. The molecule has 0 radical (unpaired) electrons. The van der Waals surface area contributed by atoms with Gasteiger partial charge in [0.05, 0.1) is 20.3 Å². The van der Waals surface area contributed by atoms with Crippen LogP contribution in [-0.2, 0) is 9.47 Å². The van der Waals surface area contributed by atoms with Gasteiger partial charge in [-0.2, -0.15) is 0 Å². The zero-order valence-electron chi connectivity index (χ0n) is 13.4. The van der Waals surface area contributed by atoms with Crippen molar-refractivity contribution < 1.29 is 14.2 Å². The standard InChI is InChI=1S/C18H23NO3.ClH/c1-20-15-7-8-17-13(10-15)4-2-5-16(17)14-11-21-18(22-12-14)6-3-9-19;/h2,4-5,7-8,10,14,18H,3,6,9,11-12,19H2,1H3;1H. The van der Waals surface area contributed by atoms with Crippen LogP contribution in [0.2, 0.25) is 0 Å². The summed E-state index contributed by atoms with van der Waals surface area (Å²) in [5, 5.41) is 2.42. The van der Waals surface area contributed by atoms with Crippen molar-refractivity contribution >= 4 is 23.2 Å². The van der Waals surface area contributed by atoms with Crippen molar-refractivity contribution in [3.05, 3.63) is 42.0 Å². The lowest BCUT2D eigenvalue weighted by Crippen LogP contribution is -2.31. The number of rotatable bonds is 5. The van der Waals surface area contributed by atoms with Crippen molar-refractivity contribution in [1.29, 1.82) is 0 Å². The maximum Gasteiger partial charge on any atom is 0.157 e. The molecule has 0 bridgehead atoms. The zero-order valence-corrected chi connectivity index (χ0v) is 14.2. The van der Waals surface area contributed by atoms with Crippen molar-refractivity contribution in [2.45, 2.75) is 25.0 Å². The Labute approximate surface area is 143 Å². The average Bonchev–Trinajstić information content (AvgIpc) is 2.59. The quantitative estimate of drug-likeness (QED) is 0.907. The fraction of sp³-hybridized carbons (Fsp3) is 0.444. The summed E-state index contributed by atoms with van der Waals surface area (Å²) in [7, 11) is 1.69. The Balaban J connectivity index is 0.00000192. The summed E-state index contributed by atoms with van der Waals surface area (Å²) >= 11 is 0. The zero-order chi connectivity index (χ0) is 15.4. The van der Waals surface area contributed by atoms with Crippen LogP contribution in [0.25, 0.3) is 10.8 Å². The minimum Gasteiger partial charge on any atom is -0.497 e. The second-order valence-corrected chi connectivity index (χ2v) is 5.66. The predicted octanol–water partition coefficient (Wildman–Crippen LogP) is 3.47. The molecule has 0 unspecified atom stereocenters. The van der Waals surface area contributed by atoms with Gasteiger partial charge in [0.1, 0.15) is 5.75 Å². The lowest BCUT2D eigenvalue weighted by Gasteiger charge is -2.30. The van der Waals surface area contributed by atoms with E-state index in [0.717, 1.165) is 18.6 Å². The number of methoxy groups -OCH3 is 1. The molecule has 1 saturated heterocycles. The number of ether oxygens (including phenoxy) is 3. The van der Waals surface area contributed by atoms with Crippen LogP contribution in [0.1, 0.15) is 24.3 Å². The number of benzene rings is 2. The molecule has 0 spiro atoms. The van der Waals surface area contributed by atoms with E-state index >= 15 is 0 Å². The van der Waals surface area contributed by atoms with E-state index in [4.69, 9.17) is 19.9 Å².